The Hall–Kier alpha value is -4.50. The molecule has 1 saturated heterocycles. The highest BCUT2D eigenvalue weighted by atomic mass is 16.5. The third kappa shape index (κ3) is 8.25. The number of hydrogen-bond donors (Lipinski definition) is 2. The van der Waals surface area contributed by atoms with Crippen molar-refractivity contribution < 1.29 is 33.3 Å². The number of benzene rings is 3. The number of carbonyl (C=O) groups is 2. The molecule has 0 radical (unpaired) electrons. The molecule has 1 heterocycles. The summed E-state index contributed by atoms with van der Waals surface area (Å²) >= 11 is 0. The highest BCUT2D eigenvalue weighted by Gasteiger charge is 2.19. The van der Waals surface area contributed by atoms with Gasteiger partial charge in [-0.2, -0.15) is 0 Å². The van der Waals surface area contributed by atoms with E-state index in [0.717, 1.165) is 18.4 Å². The lowest BCUT2D eigenvalue weighted by Crippen LogP contribution is -2.38. The molecule has 0 saturated carbocycles. The Morgan fingerprint density at radius 3 is 2.25 bits per heavy atom. The summed E-state index contributed by atoms with van der Waals surface area (Å²) in [6.45, 7) is 1.74. The van der Waals surface area contributed by atoms with Crippen LogP contribution >= 0.6 is 0 Å². The molecule has 2 N–H and O–H groups in total. The maximum absolute atomic E-state index is 13.1. The zero-order valence-electron chi connectivity index (χ0n) is 22.7. The number of methoxy groups -OCH3 is 2. The number of ether oxygens (including phenoxy) is 5. The van der Waals surface area contributed by atoms with Crippen molar-refractivity contribution >= 4 is 17.9 Å². The van der Waals surface area contributed by atoms with Crippen molar-refractivity contribution in [3.8, 4) is 23.0 Å². The third-order valence-corrected chi connectivity index (χ3v) is 6.23. The van der Waals surface area contributed by atoms with Crippen molar-refractivity contribution in [2.24, 2.45) is 0 Å². The molecule has 9 nitrogen and oxygen atoms in total. The lowest BCUT2D eigenvalue weighted by Gasteiger charge is -2.14. The molecule has 0 bridgehead atoms. The topological polar surface area (TPSA) is 104 Å². The summed E-state index contributed by atoms with van der Waals surface area (Å²) in [5.41, 5.74) is 1.24. The van der Waals surface area contributed by atoms with Gasteiger partial charge in [-0.3, -0.25) is 9.59 Å². The molecule has 3 aromatic rings. The molecule has 0 aromatic heterocycles. The Labute approximate surface area is 234 Å². The molecule has 1 aliphatic heterocycles. The Balaban J connectivity index is 1.38. The summed E-state index contributed by atoms with van der Waals surface area (Å²) < 4.78 is 27.6. The first-order chi connectivity index (χ1) is 19.6. The normalized spacial score (nSPS) is 14.8. The van der Waals surface area contributed by atoms with Gasteiger partial charge < -0.3 is 34.3 Å². The lowest BCUT2D eigenvalue weighted by atomic mass is 10.1. The first kappa shape index (κ1) is 28.5. The van der Waals surface area contributed by atoms with E-state index in [9.17, 15) is 9.59 Å². The van der Waals surface area contributed by atoms with Gasteiger partial charge in [0.15, 0.2) is 11.5 Å². The van der Waals surface area contributed by atoms with Crippen LogP contribution in [-0.2, 0) is 9.53 Å². The monoisotopic (exact) mass is 546 g/mol. The fourth-order valence-corrected chi connectivity index (χ4v) is 4.08. The highest BCUT2D eigenvalue weighted by molar-refractivity contribution is 6.05. The molecule has 4 rings (SSSR count). The first-order valence-electron chi connectivity index (χ1n) is 13.1. The van der Waals surface area contributed by atoms with Gasteiger partial charge in [-0.1, -0.05) is 24.3 Å². The van der Waals surface area contributed by atoms with Crippen molar-refractivity contribution in [1.82, 2.24) is 10.6 Å². The fraction of sp³-hybridized carbons (Fsp3) is 0.290. The molecule has 0 spiro atoms. The van der Waals surface area contributed by atoms with Crippen molar-refractivity contribution in [2.45, 2.75) is 18.9 Å². The van der Waals surface area contributed by atoms with E-state index in [0.29, 0.717) is 54.9 Å². The third-order valence-electron chi connectivity index (χ3n) is 6.23. The lowest BCUT2D eigenvalue weighted by molar-refractivity contribution is -0.118. The Morgan fingerprint density at radius 1 is 0.875 bits per heavy atom. The molecule has 2 amide bonds. The average Bonchev–Trinajstić information content (AvgIpc) is 3.52. The average molecular weight is 547 g/mol. The molecule has 40 heavy (non-hydrogen) atoms. The molecule has 9 heteroatoms. The molecular weight excluding hydrogens is 512 g/mol. The standard InChI is InChI=1S/C31H34N2O7/c1-36-24-15-11-23(12-16-24)30(34)33-27(31(35)32-21-26-6-5-17-38-26)20-22-9-13-25(14-10-22)39-18-19-40-29-8-4-3-7-28(29)37-2/h3-4,7-16,20,26H,5-6,17-19,21H2,1-2H3,(H,32,35)(H,33,34)/b27-20-/t26-/m1/s1. The van der Waals surface area contributed by atoms with Gasteiger partial charge in [0.1, 0.15) is 30.4 Å². The van der Waals surface area contributed by atoms with Crippen LogP contribution in [0.15, 0.2) is 78.5 Å². The Morgan fingerprint density at radius 2 is 1.57 bits per heavy atom. The quantitative estimate of drug-likeness (QED) is 0.244. The van der Waals surface area contributed by atoms with Crippen molar-refractivity contribution in [3.05, 3.63) is 89.6 Å². The summed E-state index contributed by atoms with van der Waals surface area (Å²) in [5, 5.41) is 5.62. The molecule has 1 aliphatic rings. The first-order valence-corrected chi connectivity index (χ1v) is 13.1. The van der Waals surface area contributed by atoms with Gasteiger partial charge in [-0.05, 0) is 73.0 Å². The summed E-state index contributed by atoms with van der Waals surface area (Å²) in [6, 6.07) is 21.3. The van der Waals surface area contributed by atoms with Crippen LogP contribution < -0.4 is 29.6 Å². The zero-order valence-corrected chi connectivity index (χ0v) is 22.7. The smallest absolute Gasteiger partial charge is 0.267 e. The van der Waals surface area contributed by atoms with Gasteiger partial charge in [-0.15, -0.1) is 0 Å². The van der Waals surface area contributed by atoms with E-state index in [1.807, 2.05) is 36.4 Å². The molecule has 210 valence electrons. The molecule has 0 unspecified atom stereocenters. The van der Waals surface area contributed by atoms with Gasteiger partial charge in [-0.25, -0.2) is 0 Å². The minimum absolute atomic E-state index is 0.0223. The number of para-hydroxylation sites is 2. The van der Waals surface area contributed by atoms with Crippen LogP contribution in [0.5, 0.6) is 23.0 Å². The van der Waals surface area contributed by atoms with Gasteiger partial charge >= 0.3 is 0 Å². The van der Waals surface area contributed by atoms with Crippen molar-refractivity contribution in [3.63, 3.8) is 0 Å². The van der Waals surface area contributed by atoms with Crippen LogP contribution in [0.1, 0.15) is 28.8 Å². The second-order valence-corrected chi connectivity index (χ2v) is 9.00. The van der Waals surface area contributed by atoms with E-state index < -0.39 is 11.8 Å². The highest BCUT2D eigenvalue weighted by Crippen LogP contribution is 2.25. The molecule has 1 fully saturated rings. The largest absolute Gasteiger partial charge is 0.497 e. The van der Waals surface area contributed by atoms with Crippen LogP contribution in [0, 0.1) is 0 Å². The van der Waals surface area contributed by atoms with Crippen LogP contribution in [0.4, 0.5) is 0 Å². The van der Waals surface area contributed by atoms with E-state index in [1.165, 1.54) is 0 Å². The predicted molar refractivity (Wildman–Crippen MR) is 151 cm³/mol. The van der Waals surface area contributed by atoms with Crippen LogP contribution in [0.25, 0.3) is 6.08 Å². The second kappa shape index (κ2) is 14.6. The summed E-state index contributed by atoms with van der Waals surface area (Å²) in [6.07, 6.45) is 3.47. The number of nitrogens with one attached hydrogen (secondary N) is 2. The summed E-state index contributed by atoms with van der Waals surface area (Å²) in [4.78, 5) is 26.0. The van der Waals surface area contributed by atoms with Crippen LogP contribution in [0.2, 0.25) is 0 Å². The van der Waals surface area contributed by atoms with Crippen LogP contribution in [-0.4, -0.2) is 58.5 Å². The van der Waals surface area contributed by atoms with Gasteiger partial charge in [0, 0.05) is 18.7 Å². The SMILES string of the molecule is COc1ccc(C(=O)N/C(=C\c2ccc(OCCOc3ccccc3OC)cc2)C(=O)NC[C@H]2CCCO2)cc1. The van der Waals surface area contributed by atoms with Crippen molar-refractivity contribution in [2.75, 3.05) is 40.6 Å². The Bertz CT molecular complexity index is 1280. The second-order valence-electron chi connectivity index (χ2n) is 9.00. The Kier molecular flexibility index (Phi) is 10.4. The summed E-state index contributed by atoms with van der Waals surface area (Å²) in [7, 11) is 3.15. The van der Waals surface area contributed by atoms with E-state index >= 15 is 0 Å². The fourth-order valence-electron chi connectivity index (χ4n) is 4.08. The summed E-state index contributed by atoms with van der Waals surface area (Å²) in [5.74, 6) is 1.79. The van der Waals surface area contributed by atoms with Gasteiger partial charge in [0.05, 0.1) is 20.3 Å². The van der Waals surface area contributed by atoms with Crippen LogP contribution in [0.3, 0.4) is 0 Å². The number of carbonyl (C=O) groups excluding carboxylic acids is 2. The number of hydrogen-bond acceptors (Lipinski definition) is 7. The molecule has 0 aliphatic carbocycles. The molecule has 3 aromatic carbocycles. The maximum Gasteiger partial charge on any atom is 0.267 e. The number of rotatable bonds is 13. The molecular formula is C31H34N2O7. The van der Waals surface area contributed by atoms with Gasteiger partial charge in [0.2, 0.25) is 0 Å². The minimum Gasteiger partial charge on any atom is -0.497 e. The predicted octanol–water partition coefficient (Wildman–Crippen LogP) is 4.23. The molecule has 1 atom stereocenters. The minimum atomic E-state index is -0.406. The maximum atomic E-state index is 13.1. The van der Waals surface area contributed by atoms with Gasteiger partial charge in [0.25, 0.3) is 11.8 Å². The zero-order chi connectivity index (χ0) is 28.2. The number of amides is 2. The van der Waals surface area contributed by atoms with E-state index in [-0.39, 0.29) is 11.8 Å². The van der Waals surface area contributed by atoms with E-state index in [2.05, 4.69) is 10.6 Å². The van der Waals surface area contributed by atoms with E-state index in [4.69, 9.17) is 23.7 Å². The van der Waals surface area contributed by atoms with E-state index in [1.54, 1.807) is 56.7 Å². The van der Waals surface area contributed by atoms with Crippen molar-refractivity contribution in [1.29, 1.82) is 0 Å².